The average molecular weight is 258 g/mol. The van der Waals surface area contributed by atoms with Gasteiger partial charge in [-0.3, -0.25) is 0 Å². The van der Waals surface area contributed by atoms with Crippen molar-refractivity contribution in [3.05, 3.63) is 27.7 Å². The summed E-state index contributed by atoms with van der Waals surface area (Å²) in [6.45, 7) is 5.69. The fourth-order valence-corrected chi connectivity index (χ4v) is 1.63. The maximum Gasteiger partial charge on any atom is 0.122 e. The minimum atomic E-state index is 0.707. The van der Waals surface area contributed by atoms with Gasteiger partial charge < -0.3 is 10.1 Å². The second-order valence-corrected chi connectivity index (χ2v) is 4.17. The number of likely N-dealkylation sites (N-methyl/N-ethyl adjacent to an activating group) is 1. The largest absolute Gasteiger partial charge is 0.492 e. The van der Waals surface area contributed by atoms with E-state index in [0.29, 0.717) is 6.61 Å². The monoisotopic (exact) mass is 257 g/mol. The number of rotatable bonds is 4. The van der Waals surface area contributed by atoms with Gasteiger partial charge in [-0.15, -0.1) is 0 Å². The standard InChI is InChI=1S/C11H16BrNO/c1-8-7-11(14-5-4-13-3)9(2)6-10(8)12/h6-7,13H,4-5H2,1-3H3. The molecule has 0 unspecified atom stereocenters. The van der Waals surface area contributed by atoms with Crippen molar-refractivity contribution in [3.63, 3.8) is 0 Å². The first-order valence-electron chi connectivity index (χ1n) is 4.69. The van der Waals surface area contributed by atoms with Crippen molar-refractivity contribution in [2.45, 2.75) is 13.8 Å². The van der Waals surface area contributed by atoms with Crippen molar-refractivity contribution in [2.75, 3.05) is 20.2 Å². The molecule has 2 nitrogen and oxygen atoms in total. The molecule has 0 saturated heterocycles. The van der Waals surface area contributed by atoms with Crippen molar-refractivity contribution in [2.24, 2.45) is 0 Å². The molecule has 0 aliphatic rings. The molecule has 0 spiro atoms. The quantitative estimate of drug-likeness (QED) is 0.838. The van der Waals surface area contributed by atoms with Crippen LogP contribution < -0.4 is 10.1 Å². The normalized spacial score (nSPS) is 10.3. The van der Waals surface area contributed by atoms with Crippen molar-refractivity contribution in [1.82, 2.24) is 5.32 Å². The van der Waals surface area contributed by atoms with Gasteiger partial charge in [-0.2, -0.15) is 0 Å². The Hall–Kier alpha value is -0.540. The van der Waals surface area contributed by atoms with Gasteiger partial charge in [0.05, 0.1) is 0 Å². The first kappa shape index (κ1) is 11.5. The van der Waals surface area contributed by atoms with E-state index >= 15 is 0 Å². The summed E-state index contributed by atoms with van der Waals surface area (Å²) >= 11 is 3.49. The SMILES string of the molecule is CNCCOc1cc(C)c(Br)cc1C. The molecule has 0 amide bonds. The molecule has 14 heavy (non-hydrogen) atoms. The van der Waals surface area contributed by atoms with Crippen molar-refractivity contribution >= 4 is 15.9 Å². The minimum absolute atomic E-state index is 0.707. The maximum absolute atomic E-state index is 5.63. The van der Waals surface area contributed by atoms with E-state index in [1.165, 1.54) is 11.1 Å². The maximum atomic E-state index is 5.63. The van der Waals surface area contributed by atoms with Gasteiger partial charge in [-0.05, 0) is 44.2 Å². The van der Waals surface area contributed by atoms with Crippen LogP contribution in [-0.4, -0.2) is 20.2 Å². The van der Waals surface area contributed by atoms with Gasteiger partial charge in [0.1, 0.15) is 12.4 Å². The number of hydrogen-bond donors (Lipinski definition) is 1. The Balaban J connectivity index is 2.72. The number of hydrogen-bond acceptors (Lipinski definition) is 2. The van der Waals surface area contributed by atoms with E-state index < -0.39 is 0 Å². The molecule has 0 atom stereocenters. The summed E-state index contributed by atoms with van der Waals surface area (Å²) in [7, 11) is 1.92. The molecule has 0 aromatic heterocycles. The zero-order chi connectivity index (χ0) is 10.6. The van der Waals surface area contributed by atoms with Crippen LogP contribution in [0.2, 0.25) is 0 Å². The predicted molar refractivity (Wildman–Crippen MR) is 63.0 cm³/mol. The fraction of sp³-hybridized carbons (Fsp3) is 0.455. The number of ether oxygens (including phenoxy) is 1. The van der Waals surface area contributed by atoms with Crippen LogP contribution in [-0.2, 0) is 0 Å². The Morgan fingerprint density at radius 3 is 2.64 bits per heavy atom. The zero-order valence-corrected chi connectivity index (χ0v) is 10.4. The molecule has 1 N–H and O–H groups in total. The highest BCUT2D eigenvalue weighted by Crippen LogP contribution is 2.26. The molecule has 1 aromatic carbocycles. The Morgan fingerprint density at radius 2 is 2.00 bits per heavy atom. The van der Waals surface area contributed by atoms with Crippen LogP contribution in [0.5, 0.6) is 5.75 Å². The summed E-state index contributed by atoms with van der Waals surface area (Å²) in [5.74, 6) is 0.973. The van der Waals surface area contributed by atoms with Gasteiger partial charge in [0.15, 0.2) is 0 Å². The van der Waals surface area contributed by atoms with E-state index in [-0.39, 0.29) is 0 Å². The molecule has 0 saturated carbocycles. The first-order chi connectivity index (χ1) is 6.65. The fourth-order valence-electron chi connectivity index (χ4n) is 1.17. The Morgan fingerprint density at radius 1 is 1.29 bits per heavy atom. The van der Waals surface area contributed by atoms with Gasteiger partial charge in [0.25, 0.3) is 0 Å². The molecule has 78 valence electrons. The lowest BCUT2D eigenvalue weighted by Gasteiger charge is -2.10. The molecule has 0 aliphatic heterocycles. The van der Waals surface area contributed by atoms with Crippen LogP contribution >= 0.6 is 15.9 Å². The van der Waals surface area contributed by atoms with Crippen LogP contribution in [0.25, 0.3) is 0 Å². The molecule has 1 aromatic rings. The molecular formula is C11H16BrNO. The zero-order valence-electron chi connectivity index (χ0n) is 8.86. The molecule has 3 heteroatoms. The third-order valence-corrected chi connectivity index (χ3v) is 2.92. The van der Waals surface area contributed by atoms with Crippen LogP contribution in [0.3, 0.4) is 0 Å². The van der Waals surface area contributed by atoms with E-state index in [4.69, 9.17) is 4.74 Å². The lowest BCUT2D eigenvalue weighted by molar-refractivity contribution is 0.316. The van der Waals surface area contributed by atoms with Crippen LogP contribution in [0, 0.1) is 13.8 Å². The topological polar surface area (TPSA) is 21.3 Å². The third kappa shape index (κ3) is 3.00. The molecule has 0 bridgehead atoms. The summed E-state index contributed by atoms with van der Waals surface area (Å²) in [5, 5.41) is 3.05. The molecule has 0 aliphatic carbocycles. The van der Waals surface area contributed by atoms with Gasteiger partial charge >= 0.3 is 0 Å². The van der Waals surface area contributed by atoms with Crippen molar-refractivity contribution in [3.8, 4) is 5.75 Å². The Bertz CT molecular complexity index is 312. The Kier molecular flexibility index (Phi) is 4.42. The summed E-state index contributed by atoms with van der Waals surface area (Å²) in [6.07, 6.45) is 0. The lowest BCUT2D eigenvalue weighted by atomic mass is 10.1. The molecule has 0 heterocycles. The van der Waals surface area contributed by atoms with E-state index in [0.717, 1.165) is 16.8 Å². The number of halogens is 1. The minimum Gasteiger partial charge on any atom is -0.492 e. The summed E-state index contributed by atoms with van der Waals surface area (Å²) < 4.78 is 6.76. The van der Waals surface area contributed by atoms with Crippen LogP contribution in [0.4, 0.5) is 0 Å². The smallest absolute Gasteiger partial charge is 0.122 e. The summed E-state index contributed by atoms with van der Waals surface area (Å²) in [5.41, 5.74) is 2.37. The van der Waals surface area contributed by atoms with E-state index in [2.05, 4.69) is 47.2 Å². The molecule has 0 fully saturated rings. The van der Waals surface area contributed by atoms with Gasteiger partial charge in [-0.25, -0.2) is 0 Å². The Labute approximate surface area is 93.8 Å². The van der Waals surface area contributed by atoms with Gasteiger partial charge in [0.2, 0.25) is 0 Å². The third-order valence-electron chi connectivity index (χ3n) is 2.07. The van der Waals surface area contributed by atoms with Crippen molar-refractivity contribution in [1.29, 1.82) is 0 Å². The van der Waals surface area contributed by atoms with E-state index in [9.17, 15) is 0 Å². The number of nitrogens with one attached hydrogen (secondary N) is 1. The molecular weight excluding hydrogens is 242 g/mol. The predicted octanol–water partition coefficient (Wildman–Crippen LogP) is 2.66. The lowest BCUT2D eigenvalue weighted by Crippen LogP contribution is -2.16. The van der Waals surface area contributed by atoms with Crippen LogP contribution in [0.1, 0.15) is 11.1 Å². The van der Waals surface area contributed by atoms with E-state index in [1.807, 2.05) is 7.05 Å². The summed E-state index contributed by atoms with van der Waals surface area (Å²) in [4.78, 5) is 0. The second kappa shape index (κ2) is 5.37. The average Bonchev–Trinajstić information content (AvgIpc) is 2.14. The van der Waals surface area contributed by atoms with Crippen molar-refractivity contribution < 1.29 is 4.74 Å². The highest BCUT2D eigenvalue weighted by atomic mass is 79.9. The number of benzene rings is 1. The second-order valence-electron chi connectivity index (χ2n) is 3.32. The number of aryl methyl sites for hydroxylation is 2. The van der Waals surface area contributed by atoms with Gasteiger partial charge in [-0.1, -0.05) is 15.9 Å². The molecule has 1 rings (SSSR count). The highest BCUT2D eigenvalue weighted by molar-refractivity contribution is 9.10. The highest BCUT2D eigenvalue weighted by Gasteiger charge is 2.02. The van der Waals surface area contributed by atoms with Crippen LogP contribution in [0.15, 0.2) is 16.6 Å². The summed E-state index contributed by atoms with van der Waals surface area (Å²) in [6, 6.07) is 4.15. The van der Waals surface area contributed by atoms with E-state index in [1.54, 1.807) is 0 Å². The molecule has 0 radical (unpaired) electrons. The van der Waals surface area contributed by atoms with Gasteiger partial charge in [0, 0.05) is 11.0 Å². The first-order valence-corrected chi connectivity index (χ1v) is 5.48.